The summed E-state index contributed by atoms with van der Waals surface area (Å²) in [7, 11) is 4.10. The molecular weight excluding hydrogens is 1630 g/mol. The van der Waals surface area contributed by atoms with E-state index in [2.05, 4.69) is 35.9 Å². The number of carbonyl (C=O) groups is 7. The third-order valence-electron chi connectivity index (χ3n) is 21.7. The molecule has 5 aliphatic heterocycles. The van der Waals surface area contributed by atoms with Crippen molar-refractivity contribution in [2.45, 2.75) is 213 Å². The highest BCUT2D eigenvalue weighted by Crippen LogP contribution is 2.70. The fourth-order valence-corrected chi connectivity index (χ4v) is 21.0. The van der Waals surface area contributed by atoms with Gasteiger partial charge in [-0.3, -0.25) is 55.1 Å². The number of halogens is 8. The molecule has 117 heavy (non-hydrogen) atoms. The first-order chi connectivity index (χ1) is 53.7. The maximum atomic E-state index is 15.5. The number of nitrogens with one attached hydrogen (secondary N) is 3. The molecule has 0 spiro atoms. The monoisotopic (exact) mass is 1720 g/mol. The molecule has 4 aromatic carbocycles. The molecule has 11 N–H and O–H groups in total. The SMILES string of the molecule is COC(=O)[C@]12C[C@H]1[C@@](C)(c1cc(B3OC(C)(C)C(C)(C)O3)cc(F)c1F)N=C(NC(=O)OC(C)(C)C)S2.COC(=O)[C@]12C[C@H]1[C@@](C)(c1cc(N)cc(F)c1F)N=C(N)S2.COC(=O)[C@]12C[C@H]1[C@@](C)(c1cc(N)cc(F)c1F)N=C(NC(=O)OC(C)(C)C)S2.COC(=O)[C@]12C[C@H]1[C@@](C)(c1cc(N)cc(F)c1F)N=C(NC(=O)OC(C)(C)C)S2. The van der Waals surface area contributed by atoms with E-state index in [1.807, 2.05) is 27.7 Å². The molecule has 0 radical (unpaired) electrons. The number of aliphatic imine (C=N–C) groups is 4. The summed E-state index contributed by atoms with van der Waals surface area (Å²) in [5.41, 5.74) is 14.2. The zero-order valence-corrected chi connectivity index (χ0v) is 71.4. The second-order valence-electron chi connectivity index (χ2n) is 34.2. The fourth-order valence-electron chi connectivity index (χ4n) is 15.1. The molecule has 5 fully saturated rings. The van der Waals surface area contributed by atoms with Crippen LogP contribution in [0.3, 0.4) is 0 Å². The fraction of sp³-hybridized carbons (Fsp3) is 0.545. The first kappa shape index (κ1) is 90.6. The number of thioether (sulfide) groups is 4. The van der Waals surface area contributed by atoms with Crippen LogP contribution in [0.5, 0.6) is 0 Å². The van der Waals surface area contributed by atoms with E-state index in [1.54, 1.807) is 90.0 Å². The summed E-state index contributed by atoms with van der Waals surface area (Å²) in [5, 5.41) is 7.89. The van der Waals surface area contributed by atoms with Crippen molar-refractivity contribution in [1.29, 1.82) is 0 Å². The summed E-state index contributed by atoms with van der Waals surface area (Å²) in [6.45, 7) is 29.2. The van der Waals surface area contributed by atoms with Crippen molar-refractivity contribution in [3.63, 3.8) is 0 Å². The molecule has 40 heteroatoms. The van der Waals surface area contributed by atoms with Gasteiger partial charge in [0.2, 0.25) is 0 Å². The molecule has 9 aliphatic rings. The van der Waals surface area contributed by atoms with Gasteiger partial charge >= 0.3 is 49.3 Å². The highest BCUT2D eigenvalue weighted by atomic mass is 32.2. The molecule has 4 aliphatic carbocycles. The molecule has 12 atom stereocenters. The number of nitrogen functional groups attached to an aromatic ring is 3. The van der Waals surface area contributed by atoms with Crippen LogP contribution in [0, 0.1) is 70.2 Å². The second kappa shape index (κ2) is 31.1. The van der Waals surface area contributed by atoms with E-state index in [0.29, 0.717) is 25.7 Å². The summed E-state index contributed by atoms with van der Waals surface area (Å²) < 4.78 is 159. The van der Waals surface area contributed by atoms with E-state index in [9.17, 15) is 59.9 Å². The normalized spacial score (nSPS) is 29.5. The van der Waals surface area contributed by atoms with E-state index in [4.69, 9.17) is 65.4 Å². The van der Waals surface area contributed by atoms with Crippen molar-refractivity contribution in [3.8, 4) is 0 Å². The Labute approximate surface area is 687 Å². The molecule has 27 nitrogen and oxygen atoms in total. The molecule has 4 saturated carbocycles. The number of hydrogen-bond acceptors (Lipinski definition) is 28. The summed E-state index contributed by atoms with van der Waals surface area (Å²) >= 11 is 4.19. The van der Waals surface area contributed by atoms with Crippen LogP contribution in [-0.2, 0) is 83.8 Å². The van der Waals surface area contributed by atoms with Crippen LogP contribution in [0.25, 0.3) is 0 Å². The van der Waals surface area contributed by atoms with E-state index in [1.165, 1.54) is 52.7 Å². The van der Waals surface area contributed by atoms with Gasteiger partial charge in [-0.25, -0.2) is 49.5 Å². The van der Waals surface area contributed by atoms with Crippen LogP contribution in [0.4, 0.5) is 66.6 Å². The number of esters is 4. The van der Waals surface area contributed by atoms with Crippen LogP contribution in [0.2, 0.25) is 0 Å². The van der Waals surface area contributed by atoms with Gasteiger partial charge in [-0.05, 0) is 191 Å². The lowest BCUT2D eigenvalue weighted by atomic mass is 9.75. The van der Waals surface area contributed by atoms with Crippen LogP contribution < -0.4 is 44.3 Å². The van der Waals surface area contributed by atoms with E-state index >= 15 is 8.78 Å². The Balaban J connectivity index is 0.000000167. The van der Waals surface area contributed by atoms with Gasteiger partial charge in [0.25, 0.3) is 0 Å². The lowest BCUT2D eigenvalue weighted by molar-refractivity contribution is -0.142. The summed E-state index contributed by atoms with van der Waals surface area (Å²) in [6.07, 6.45) is -0.960. The predicted molar refractivity (Wildman–Crippen MR) is 428 cm³/mol. The van der Waals surface area contributed by atoms with Gasteiger partial charge < -0.3 is 65.4 Å². The topological polar surface area (TPSA) is 392 Å². The number of carbonyl (C=O) groups excluding carboxylic acids is 7. The highest BCUT2D eigenvalue weighted by Gasteiger charge is 2.76. The van der Waals surface area contributed by atoms with Crippen molar-refractivity contribution >= 4 is 140 Å². The average molecular weight is 1720 g/mol. The molecule has 636 valence electrons. The van der Waals surface area contributed by atoms with Crippen molar-refractivity contribution < 1.29 is 111 Å². The molecule has 5 heterocycles. The van der Waals surface area contributed by atoms with E-state index < -0.39 is 183 Å². The molecule has 0 aromatic heterocycles. The minimum Gasteiger partial charge on any atom is -0.468 e. The summed E-state index contributed by atoms with van der Waals surface area (Å²) in [4.78, 5) is 105. The number of amides is 3. The summed E-state index contributed by atoms with van der Waals surface area (Å²) in [5.74, 6) is -12.5. The minimum atomic E-state index is -1.41. The smallest absolute Gasteiger partial charge is 0.468 e. The van der Waals surface area contributed by atoms with Gasteiger partial charge in [-0.2, -0.15) is 0 Å². The zero-order valence-electron chi connectivity index (χ0n) is 68.1. The Morgan fingerprint density at radius 1 is 0.393 bits per heavy atom. The van der Waals surface area contributed by atoms with Gasteiger partial charge in [0.15, 0.2) is 67.2 Å². The number of rotatable bonds is 9. The molecule has 13 rings (SSSR count). The second-order valence-corrected chi connectivity index (χ2v) is 39.5. The van der Waals surface area contributed by atoms with Gasteiger partial charge in [-0.1, -0.05) is 53.1 Å². The number of alkyl carbamates (subject to hydrolysis) is 3. The van der Waals surface area contributed by atoms with E-state index in [0.717, 1.165) is 71.3 Å². The number of benzene rings is 4. The molecule has 0 unspecified atom stereocenters. The van der Waals surface area contributed by atoms with Crippen molar-refractivity contribution in [2.24, 2.45) is 49.4 Å². The Bertz CT molecular complexity index is 4760. The number of nitrogens with two attached hydrogens (primary N) is 4. The number of amidine groups is 4. The molecule has 1 saturated heterocycles. The molecule has 0 bridgehead atoms. The van der Waals surface area contributed by atoms with Gasteiger partial charge in [0, 0.05) is 63.0 Å². The largest absolute Gasteiger partial charge is 0.494 e. The highest BCUT2D eigenvalue weighted by molar-refractivity contribution is 8.16. The third kappa shape index (κ3) is 17.4. The number of methoxy groups -OCH3 is 4. The lowest BCUT2D eigenvalue weighted by Gasteiger charge is -2.34. The van der Waals surface area contributed by atoms with Crippen molar-refractivity contribution in [2.75, 3.05) is 45.6 Å². The minimum absolute atomic E-state index is 0.00373. The van der Waals surface area contributed by atoms with Crippen LogP contribution in [-0.4, -0.2) is 145 Å². The quantitative estimate of drug-likeness (QED) is 0.0269. The first-order valence-corrected chi connectivity index (χ1v) is 39.9. The Morgan fingerprint density at radius 2 is 0.632 bits per heavy atom. The first-order valence-electron chi connectivity index (χ1n) is 36.6. The zero-order chi connectivity index (χ0) is 87.6. The Hall–Kier alpha value is -8.73. The van der Waals surface area contributed by atoms with Crippen LogP contribution in [0.1, 0.15) is 166 Å². The maximum absolute atomic E-state index is 15.5. The molecular formula is C77H94BF8N11O16S4. The van der Waals surface area contributed by atoms with Gasteiger partial charge in [-0.15, -0.1) is 0 Å². The third-order valence-corrected chi connectivity index (χ3v) is 27.1. The van der Waals surface area contributed by atoms with Gasteiger partial charge in [0.1, 0.15) is 35.8 Å². The number of fused-ring (bicyclic) bond motifs is 4. The van der Waals surface area contributed by atoms with Crippen LogP contribution >= 0.6 is 47.0 Å². The number of nitrogens with zero attached hydrogens (tertiary/aromatic N) is 4. The van der Waals surface area contributed by atoms with E-state index in [-0.39, 0.29) is 71.4 Å². The number of ether oxygens (including phenoxy) is 7. The van der Waals surface area contributed by atoms with Crippen molar-refractivity contribution in [3.05, 3.63) is 117 Å². The standard InChI is InChI=1S/C25H33BF2N2O6S.2C19H23F2N3O4S.C14H15F2N3O2S/c1-21(2,3)34-20(32)29-19-30-24(8,16-12-25(16,37-19)18(31)33-9)14-10-13(11-15(27)17(14)28)26-35-22(4,5)23(6,7)36-26;2*1-17(2,3)28-16(26)23-15-24-18(4,10-6-9(22)7-11(20)13(10)21)12-8-19(12,29-15)14(25)27-5;1-13(7-3-6(17)4-8(15)10(7)16)9-5-14(9,11(20)21-2)22-12(18)19-13/h10-11,16H,12H2,1-9H3,(H,29,30,32);2*6-7,12H,8,22H2,1-5H3,(H,23,24,26);3-4,9H,5,17H2,1-2H3,(H2,18,19)/t16-,24+,25-;2*12-,18+,19-;9-,13+,14-/m0000/s1. The molecule has 4 aromatic rings. The average Bonchev–Trinajstić information content (AvgIpc) is 1.54. The Kier molecular flexibility index (Phi) is 24.1. The number of anilines is 3. The van der Waals surface area contributed by atoms with Crippen LogP contribution in [0.15, 0.2) is 68.5 Å². The van der Waals surface area contributed by atoms with Gasteiger partial charge in [0.05, 0.1) is 61.8 Å². The Morgan fingerprint density at radius 3 is 0.889 bits per heavy atom. The maximum Gasteiger partial charge on any atom is 0.494 e. The number of hydrogen-bond donors (Lipinski definition) is 7. The summed E-state index contributed by atoms with van der Waals surface area (Å²) in [6, 6.07) is 9.11. The van der Waals surface area contributed by atoms with Crippen molar-refractivity contribution in [1.82, 2.24) is 16.0 Å². The lowest BCUT2D eigenvalue weighted by Crippen LogP contribution is -2.44. The molecule has 3 amide bonds. The predicted octanol–water partition coefficient (Wildman–Crippen LogP) is 12.4.